The number of rotatable bonds is 26. The Labute approximate surface area is 385 Å². The van der Waals surface area contributed by atoms with Crippen LogP contribution >= 0.6 is 22.6 Å². The Morgan fingerprint density at radius 1 is 0.746 bits per heavy atom. The third-order valence-corrected chi connectivity index (χ3v) is 11.7. The molecule has 0 spiro atoms. The van der Waals surface area contributed by atoms with E-state index in [0.717, 1.165) is 11.1 Å². The van der Waals surface area contributed by atoms with Crippen LogP contribution in [-0.4, -0.2) is 120 Å². The molecule has 63 heavy (non-hydrogen) atoms. The minimum Gasteiger partial charge on any atom is -0.452 e. The Bertz CT molecular complexity index is 1850. The second-order valence-corrected chi connectivity index (χ2v) is 17.5. The van der Waals surface area contributed by atoms with Crippen molar-refractivity contribution < 1.29 is 47.8 Å². The van der Waals surface area contributed by atoms with Gasteiger partial charge < -0.3 is 35.5 Å². The van der Waals surface area contributed by atoms with Gasteiger partial charge in [-0.15, -0.1) is 6.42 Å². The van der Waals surface area contributed by atoms with Gasteiger partial charge in [0.05, 0.1) is 38.6 Å². The first-order valence-electron chi connectivity index (χ1n) is 21.5. The van der Waals surface area contributed by atoms with Crippen LogP contribution in [0.2, 0.25) is 0 Å². The van der Waals surface area contributed by atoms with Crippen molar-refractivity contribution in [3.63, 3.8) is 0 Å². The molecular formula is C47H64IN5O10. The molecule has 0 aromatic heterocycles. The van der Waals surface area contributed by atoms with Gasteiger partial charge in [0.1, 0.15) is 18.1 Å². The number of ether oxygens (including phenoxy) is 3. The van der Waals surface area contributed by atoms with Crippen molar-refractivity contribution in [1.29, 1.82) is 0 Å². The molecular weight excluding hydrogens is 921 g/mol. The van der Waals surface area contributed by atoms with Crippen LogP contribution in [0.1, 0.15) is 77.8 Å². The van der Waals surface area contributed by atoms with Crippen LogP contribution in [0.4, 0.5) is 0 Å². The molecule has 1 fully saturated rings. The minimum atomic E-state index is -1.67. The molecule has 344 valence electrons. The van der Waals surface area contributed by atoms with E-state index in [4.69, 9.17) is 20.6 Å². The molecule has 0 aliphatic carbocycles. The van der Waals surface area contributed by atoms with Crippen molar-refractivity contribution in [2.45, 2.75) is 109 Å². The number of terminal acetylenes is 1. The van der Waals surface area contributed by atoms with Crippen LogP contribution in [0.25, 0.3) is 0 Å². The topological polar surface area (TPSA) is 199 Å². The predicted octanol–water partition coefficient (Wildman–Crippen LogP) is 3.49. The number of hydrogen-bond acceptors (Lipinski definition) is 11. The van der Waals surface area contributed by atoms with Gasteiger partial charge in [-0.1, -0.05) is 117 Å². The van der Waals surface area contributed by atoms with Gasteiger partial charge in [-0.3, -0.25) is 38.5 Å². The molecule has 1 heterocycles. The first-order valence-corrected chi connectivity index (χ1v) is 23.1. The number of benzene rings is 2. The fourth-order valence-corrected chi connectivity index (χ4v) is 7.45. The van der Waals surface area contributed by atoms with E-state index in [2.05, 4.69) is 27.2 Å². The van der Waals surface area contributed by atoms with E-state index >= 15 is 0 Å². The lowest BCUT2D eigenvalue weighted by Crippen LogP contribution is -2.60. The highest BCUT2D eigenvalue weighted by atomic mass is 127. The molecule has 0 saturated carbocycles. The molecule has 4 amide bonds. The molecule has 1 aliphatic rings. The Hall–Kier alpha value is -4.86. The summed E-state index contributed by atoms with van der Waals surface area (Å²) in [6, 6.07) is 14.3. The first kappa shape index (κ1) is 52.5. The van der Waals surface area contributed by atoms with Crippen molar-refractivity contribution in [1.82, 2.24) is 26.2 Å². The quantitative estimate of drug-likeness (QED) is 0.0466. The maximum Gasteiger partial charge on any atom is 0.307 e. The Kier molecular flexibility index (Phi) is 22.8. The molecule has 1 saturated heterocycles. The van der Waals surface area contributed by atoms with Crippen LogP contribution < -0.4 is 21.3 Å². The molecule has 0 bridgehead atoms. The summed E-state index contributed by atoms with van der Waals surface area (Å²) in [4.78, 5) is 97.1. The molecule has 0 unspecified atom stereocenters. The summed E-state index contributed by atoms with van der Waals surface area (Å²) < 4.78 is 15.9. The number of carbonyl (C=O) groups excluding carboxylic acids is 7. The number of nitrogens with zero attached hydrogens (tertiary/aromatic N) is 1. The van der Waals surface area contributed by atoms with Crippen LogP contribution in [0.3, 0.4) is 0 Å². The monoisotopic (exact) mass is 985 g/mol. The number of esters is 2. The van der Waals surface area contributed by atoms with Crippen molar-refractivity contribution in [3.8, 4) is 12.3 Å². The summed E-state index contributed by atoms with van der Waals surface area (Å²) in [6.07, 6.45) is 5.70. The molecule has 15 nitrogen and oxygen atoms in total. The lowest BCUT2D eigenvalue weighted by Gasteiger charge is -2.32. The molecule has 3 rings (SSSR count). The van der Waals surface area contributed by atoms with E-state index in [-0.39, 0.29) is 73.8 Å². The lowest BCUT2D eigenvalue weighted by atomic mass is 9.90. The average Bonchev–Trinajstić information content (AvgIpc) is 3.25. The van der Waals surface area contributed by atoms with Gasteiger partial charge in [-0.25, -0.2) is 0 Å². The number of nitrogens with one attached hydrogen (secondary N) is 4. The molecule has 2 aromatic rings. The zero-order valence-corrected chi connectivity index (χ0v) is 39.3. The molecule has 1 aliphatic heterocycles. The standard InChI is InChI=1S/C47H64IN5O10/c1-7-24-62-41(55)20-21-42(56)63-47(6,31-48)43(57)37(27-32(2)3)50-46(60)39(29-35-16-12-9-13-17-35)52-45(59)38(28-33(4)5)51-44(58)36(19-18-34-14-10-8-11-15-34)49-40(54)30-53-22-25-61-26-23-53/h1,8-17,32-33,36-39H,18-31H2,2-6H3,(H,49,54)(H,50,60)(H,51,58)(H,52,59)/t36-,37-,38-,39-,47+/m0/s1. The van der Waals surface area contributed by atoms with Gasteiger partial charge in [0.15, 0.2) is 18.0 Å². The number of carbonyl (C=O) groups is 7. The van der Waals surface area contributed by atoms with E-state index in [1.807, 2.05) is 104 Å². The first-order chi connectivity index (χ1) is 30.0. The van der Waals surface area contributed by atoms with E-state index in [9.17, 15) is 33.6 Å². The zero-order chi connectivity index (χ0) is 46.4. The van der Waals surface area contributed by atoms with E-state index in [1.54, 1.807) is 12.1 Å². The van der Waals surface area contributed by atoms with Gasteiger partial charge in [-0.2, -0.15) is 0 Å². The highest BCUT2D eigenvalue weighted by Gasteiger charge is 2.42. The number of Topliss-reactive ketones (excluding diaryl/α,β-unsaturated/α-hetero) is 1. The number of aryl methyl sites for hydroxylation is 1. The molecule has 5 atom stereocenters. The maximum absolute atomic E-state index is 14.4. The average molecular weight is 986 g/mol. The smallest absolute Gasteiger partial charge is 0.307 e. The molecule has 16 heteroatoms. The van der Waals surface area contributed by atoms with Gasteiger partial charge >= 0.3 is 11.9 Å². The Morgan fingerprint density at radius 2 is 1.27 bits per heavy atom. The molecule has 2 aromatic carbocycles. The number of amides is 4. The van der Waals surface area contributed by atoms with E-state index < -0.39 is 65.2 Å². The summed E-state index contributed by atoms with van der Waals surface area (Å²) in [5, 5.41) is 11.5. The Morgan fingerprint density at radius 3 is 1.86 bits per heavy atom. The molecule has 0 radical (unpaired) electrons. The SMILES string of the molecule is C#CCOC(=O)CCC(=O)O[C@](C)(CI)C(=O)[C@H](CC(C)C)NC(=O)[C@H](Cc1ccccc1)NC(=O)[C@H](CC(C)C)NC(=O)[C@H](CCc1ccccc1)NC(=O)CN1CCOCC1. The van der Waals surface area contributed by atoms with Crippen molar-refractivity contribution in [2.75, 3.05) is 43.9 Å². The minimum absolute atomic E-state index is 0.0438. The summed E-state index contributed by atoms with van der Waals surface area (Å²) in [5.74, 6) is -2.16. The summed E-state index contributed by atoms with van der Waals surface area (Å²) in [6.45, 7) is 11.1. The highest BCUT2D eigenvalue weighted by molar-refractivity contribution is 14.1. The van der Waals surface area contributed by atoms with Gasteiger partial charge in [0, 0.05) is 23.9 Å². The summed E-state index contributed by atoms with van der Waals surface area (Å²) in [5.41, 5.74) is 0.0332. The van der Waals surface area contributed by atoms with Gasteiger partial charge in [-0.05, 0) is 55.6 Å². The number of ketones is 1. The Balaban J connectivity index is 1.85. The van der Waals surface area contributed by atoms with Crippen LogP contribution in [0, 0.1) is 24.2 Å². The number of halogens is 1. The maximum atomic E-state index is 14.4. The highest BCUT2D eigenvalue weighted by Crippen LogP contribution is 2.23. The summed E-state index contributed by atoms with van der Waals surface area (Å²) in [7, 11) is 0. The van der Waals surface area contributed by atoms with Crippen molar-refractivity contribution in [2.24, 2.45) is 11.8 Å². The lowest BCUT2D eigenvalue weighted by molar-refractivity contribution is -0.165. The van der Waals surface area contributed by atoms with Gasteiger partial charge in [0.25, 0.3) is 0 Å². The van der Waals surface area contributed by atoms with Crippen molar-refractivity contribution in [3.05, 3.63) is 71.8 Å². The largest absolute Gasteiger partial charge is 0.452 e. The zero-order valence-electron chi connectivity index (χ0n) is 37.1. The van der Waals surface area contributed by atoms with Crippen LogP contribution in [-0.2, 0) is 60.6 Å². The normalized spacial score (nSPS) is 15.7. The number of hydrogen-bond donors (Lipinski definition) is 4. The predicted molar refractivity (Wildman–Crippen MR) is 246 cm³/mol. The number of alkyl halides is 1. The number of morpholine rings is 1. The van der Waals surface area contributed by atoms with Gasteiger partial charge in [0.2, 0.25) is 23.6 Å². The summed E-state index contributed by atoms with van der Waals surface area (Å²) >= 11 is 1.93. The van der Waals surface area contributed by atoms with E-state index in [1.165, 1.54) is 6.92 Å². The molecule has 4 N–H and O–H groups in total. The fraction of sp³-hybridized carbons (Fsp3) is 0.553. The third-order valence-electron chi connectivity index (χ3n) is 10.2. The van der Waals surface area contributed by atoms with Crippen LogP contribution in [0.15, 0.2) is 60.7 Å². The van der Waals surface area contributed by atoms with Crippen LogP contribution in [0.5, 0.6) is 0 Å². The van der Waals surface area contributed by atoms with E-state index in [0.29, 0.717) is 32.7 Å². The third kappa shape index (κ3) is 19.2. The second-order valence-electron chi connectivity index (χ2n) is 16.7. The fourth-order valence-electron chi connectivity index (χ4n) is 6.92. The van der Waals surface area contributed by atoms with Crippen molar-refractivity contribution >= 4 is 63.9 Å². The second kappa shape index (κ2) is 27.4.